The number of carbonyl (C=O) groups excluding carboxylic acids is 2. The predicted octanol–water partition coefficient (Wildman–Crippen LogP) is 1.16. The first kappa shape index (κ1) is 28.0. The van der Waals surface area contributed by atoms with Crippen molar-refractivity contribution in [1.29, 1.82) is 0 Å². The van der Waals surface area contributed by atoms with Crippen molar-refractivity contribution < 1.29 is 43.5 Å². The third-order valence-corrected chi connectivity index (χ3v) is 7.61. The largest absolute Gasteiger partial charge is 0.493 e. The molecule has 0 radical (unpaired) electrons. The molecule has 2 amide bonds. The number of carbonyl (C=O) groups is 2. The highest BCUT2D eigenvalue weighted by Crippen LogP contribution is 2.51. The summed E-state index contributed by atoms with van der Waals surface area (Å²) in [6.07, 6.45) is -0.139. The van der Waals surface area contributed by atoms with E-state index in [9.17, 15) is 29.3 Å². The van der Waals surface area contributed by atoms with Gasteiger partial charge in [0.05, 0.1) is 32.3 Å². The maximum Gasteiger partial charge on any atom is 0.252 e. The Morgan fingerprint density at radius 2 is 1.95 bits per heavy atom. The highest BCUT2D eigenvalue weighted by atomic mass is 19.1. The molecule has 5 rings (SSSR count). The molecule has 214 valence electrons. The molecular weight excluding hydrogens is 523 g/mol. The lowest BCUT2D eigenvalue weighted by atomic mass is 9.77. The lowest BCUT2D eigenvalue weighted by Gasteiger charge is -2.41. The lowest BCUT2D eigenvalue weighted by molar-refractivity contribution is -0.147. The van der Waals surface area contributed by atoms with Gasteiger partial charge in [0.1, 0.15) is 24.1 Å². The molecule has 5 atom stereocenters. The number of hydrogen-bond donors (Lipinski definition) is 4. The van der Waals surface area contributed by atoms with Crippen molar-refractivity contribution in [3.8, 4) is 11.5 Å². The van der Waals surface area contributed by atoms with Crippen LogP contribution < -0.4 is 14.8 Å². The van der Waals surface area contributed by atoms with E-state index in [4.69, 9.17) is 14.2 Å². The Labute approximate surface area is 231 Å². The van der Waals surface area contributed by atoms with Gasteiger partial charge in [-0.05, 0) is 54.3 Å². The molecule has 0 aromatic heterocycles. The minimum atomic E-state index is -1.26. The van der Waals surface area contributed by atoms with E-state index >= 15 is 0 Å². The summed E-state index contributed by atoms with van der Waals surface area (Å²) in [4.78, 5) is 28.7. The zero-order valence-corrected chi connectivity index (χ0v) is 22.1. The Morgan fingerprint density at radius 3 is 2.60 bits per heavy atom. The van der Waals surface area contributed by atoms with Crippen LogP contribution in [0.3, 0.4) is 0 Å². The highest BCUT2D eigenvalue weighted by molar-refractivity contribution is 5.96. The second kappa shape index (κ2) is 11.9. The summed E-state index contributed by atoms with van der Waals surface area (Å²) in [6.45, 7) is -0.0747. The van der Waals surface area contributed by atoms with Gasteiger partial charge in [-0.25, -0.2) is 4.39 Å². The standard InChI is InChI=1S/C29H33FN2O8/c1-38-23-12-17(15-34)11-19-24-20(28(36)31-8-9-33)13-21(25(35)27(24)40-26(19)23)32(29(37)22-3-2-10-39-22)14-16-4-6-18(30)7-5-16/h4-7,11-13,21-22,24-25,27,33-35H,2-3,8-10,14-15H2,1H3,(H,31,36). The summed E-state index contributed by atoms with van der Waals surface area (Å²) in [5, 5.41) is 33.5. The Hall–Kier alpha value is -3.51. The van der Waals surface area contributed by atoms with Crippen LogP contribution in [0.4, 0.5) is 4.39 Å². The number of nitrogens with zero attached hydrogens (tertiary/aromatic N) is 1. The third kappa shape index (κ3) is 5.29. The summed E-state index contributed by atoms with van der Waals surface area (Å²) < 4.78 is 31.0. The maximum absolute atomic E-state index is 13.8. The van der Waals surface area contributed by atoms with E-state index in [1.165, 1.54) is 24.1 Å². The van der Waals surface area contributed by atoms with Crippen LogP contribution in [-0.4, -0.2) is 83.3 Å². The van der Waals surface area contributed by atoms with E-state index in [1.54, 1.807) is 30.3 Å². The Kier molecular flexibility index (Phi) is 8.36. The van der Waals surface area contributed by atoms with Gasteiger partial charge in [0.2, 0.25) is 5.91 Å². The van der Waals surface area contributed by atoms with Crippen LogP contribution in [0, 0.1) is 5.82 Å². The Balaban J connectivity index is 1.59. The number of halogens is 1. The molecule has 5 unspecified atom stereocenters. The molecule has 40 heavy (non-hydrogen) atoms. The fourth-order valence-electron chi connectivity index (χ4n) is 5.69. The van der Waals surface area contributed by atoms with E-state index < -0.39 is 42.0 Å². The van der Waals surface area contributed by atoms with Gasteiger partial charge in [-0.3, -0.25) is 9.59 Å². The molecule has 10 nitrogen and oxygen atoms in total. The first-order valence-corrected chi connectivity index (χ1v) is 13.3. The van der Waals surface area contributed by atoms with Crippen molar-refractivity contribution in [1.82, 2.24) is 10.2 Å². The minimum Gasteiger partial charge on any atom is -0.493 e. The summed E-state index contributed by atoms with van der Waals surface area (Å²) in [5.41, 5.74) is 1.98. The summed E-state index contributed by atoms with van der Waals surface area (Å²) >= 11 is 0. The van der Waals surface area contributed by atoms with Crippen LogP contribution >= 0.6 is 0 Å². The number of fused-ring (bicyclic) bond motifs is 3. The molecule has 2 aromatic rings. The topological polar surface area (TPSA) is 138 Å². The molecule has 2 aliphatic heterocycles. The number of rotatable bonds is 9. The van der Waals surface area contributed by atoms with E-state index in [-0.39, 0.29) is 37.8 Å². The van der Waals surface area contributed by atoms with Crippen LogP contribution in [0.25, 0.3) is 0 Å². The zero-order chi connectivity index (χ0) is 28.4. The number of hydrogen-bond acceptors (Lipinski definition) is 8. The molecule has 4 N–H and O–H groups in total. The average molecular weight is 557 g/mol. The summed E-state index contributed by atoms with van der Waals surface area (Å²) in [6, 6.07) is 8.05. The lowest BCUT2D eigenvalue weighted by Crippen LogP contribution is -2.57. The number of aliphatic hydroxyl groups excluding tert-OH is 3. The Morgan fingerprint density at radius 1 is 1.18 bits per heavy atom. The number of benzene rings is 2. The number of ether oxygens (including phenoxy) is 3. The van der Waals surface area contributed by atoms with Crippen molar-refractivity contribution in [3.05, 3.63) is 70.6 Å². The molecule has 2 heterocycles. The molecule has 0 bridgehead atoms. The smallest absolute Gasteiger partial charge is 0.252 e. The number of aliphatic hydroxyl groups is 3. The van der Waals surface area contributed by atoms with Crippen LogP contribution in [-0.2, 0) is 27.5 Å². The van der Waals surface area contributed by atoms with Crippen molar-refractivity contribution in [2.75, 3.05) is 26.9 Å². The van der Waals surface area contributed by atoms with Crippen molar-refractivity contribution in [2.24, 2.45) is 0 Å². The molecule has 1 aliphatic carbocycles. The molecule has 0 saturated carbocycles. The number of methoxy groups -OCH3 is 1. The first-order valence-electron chi connectivity index (χ1n) is 13.3. The first-order chi connectivity index (χ1) is 19.4. The minimum absolute atomic E-state index is 0.00261. The van der Waals surface area contributed by atoms with Crippen LogP contribution in [0.15, 0.2) is 48.0 Å². The normalized spacial score (nSPS) is 24.9. The average Bonchev–Trinajstić information content (AvgIpc) is 3.64. The third-order valence-electron chi connectivity index (χ3n) is 7.61. The molecule has 2 aromatic carbocycles. The van der Waals surface area contributed by atoms with Gasteiger partial charge in [0.25, 0.3) is 5.91 Å². The maximum atomic E-state index is 13.8. The van der Waals surface area contributed by atoms with Gasteiger partial charge in [0, 0.05) is 30.8 Å². The highest BCUT2D eigenvalue weighted by Gasteiger charge is 2.52. The zero-order valence-electron chi connectivity index (χ0n) is 22.1. The van der Waals surface area contributed by atoms with Crippen LogP contribution in [0.2, 0.25) is 0 Å². The molecule has 1 fully saturated rings. The molecule has 3 aliphatic rings. The van der Waals surface area contributed by atoms with Gasteiger partial charge in [-0.1, -0.05) is 12.1 Å². The summed E-state index contributed by atoms with van der Waals surface area (Å²) in [7, 11) is 1.46. The predicted molar refractivity (Wildman–Crippen MR) is 140 cm³/mol. The monoisotopic (exact) mass is 556 g/mol. The molecular formula is C29H33FN2O8. The van der Waals surface area contributed by atoms with Crippen LogP contribution in [0.5, 0.6) is 11.5 Å². The molecule has 11 heteroatoms. The molecule has 1 saturated heterocycles. The fraction of sp³-hybridized carbons (Fsp3) is 0.448. The number of amides is 2. The quantitative estimate of drug-likeness (QED) is 0.361. The van der Waals surface area contributed by atoms with Crippen molar-refractivity contribution >= 4 is 11.8 Å². The fourth-order valence-corrected chi connectivity index (χ4v) is 5.69. The van der Waals surface area contributed by atoms with E-state index in [0.29, 0.717) is 41.2 Å². The SMILES string of the molecule is COc1cc(CO)cc2c1OC1C2C(C(=O)NCCO)=CC(N(Cc2ccc(F)cc2)C(=O)C2CCCO2)C1O. The van der Waals surface area contributed by atoms with E-state index in [0.717, 1.165) is 6.42 Å². The van der Waals surface area contributed by atoms with Gasteiger partial charge in [-0.2, -0.15) is 0 Å². The van der Waals surface area contributed by atoms with Gasteiger partial charge in [-0.15, -0.1) is 0 Å². The van der Waals surface area contributed by atoms with Gasteiger partial charge < -0.3 is 39.7 Å². The molecule has 0 spiro atoms. The van der Waals surface area contributed by atoms with Gasteiger partial charge in [0.15, 0.2) is 11.5 Å². The van der Waals surface area contributed by atoms with E-state index in [1.807, 2.05) is 0 Å². The summed E-state index contributed by atoms with van der Waals surface area (Å²) in [5.74, 6) is -1.31. The van der Waals surface area contributed by atoms with E-state index in [2.05, 4.69) is 5.32 Å². The number of nitrogens with one attached hydrogen (secondary N) is 1. The van der Waals surface area contributed by atoms with Gasteiger partial charge >= 0.3 is 0 Å². The van der Waals surface area contributed by atoms with Crippen molar-refractivity contribution in [3.63, 3.8) is 0 Å². The van der Waals surface area contributed by atoms with Crippen molar-refractivity contribution in [2.45, 2.75) is 56.3 Å². The van der Waals surface area contributed by atoms with Crippen LogP contribution in [0.1, 0.15) is 35.4 Å². The Bertz CT molecular complexity index is 1280. The second-order valence-electron chi connectivity index (χ2n) is 10.1. The second-order valence-corrected chi connectivity index (χ2v) is 10.1.